The first-order valence-corrected chi connectivity index (χ1v) is 8.77. The van der Waals surface area contributed by atoms with E-state index in [9.17, 15) is 9.18 Å². The highest BCUT2D eigenvalue weighted by Crippen LogP contribution is 2.35. The number of hydrogen-bond donors (Lipinski definition) is 1. The van der Waals surface area contributed by atoms with E-state index in [0.29, 0.717) is 5.92 Å². The van der Waals surface area contributed by atoms with Gasteiger partial charge in [0.25, 0.3) is 0 Å². The second-order valence-electron chi connectivity index (χ2n) is 7.44. The van der Waals surface area contributed by atoms with Crippen LogP contribution in [0.4, 0.5) is 4.39 Å². The van der Waals surface area contributed by atoms with E-state index in [1.54, 1.807) is 6.07 Å². The summed E-state index contributed by atoms with van der Waals surface area (Å²) in [5, 5.41) is 3.23. The van der Waals surface area contributed by atoms with Crippen LogP contribution in [0.5, 0.6) is 0 Å². The summed E-state index contributed by atoms with van der Waals surface area (Å²) >= 11 is 0. The van der Waals surface area contributed by atoms with Crippen LogP contribution in [0, 0.1) is 11.7 Å². The lowest BCUT2D eigenvalue weighted by Gasteiger charge is -2.43. The molecule has 0 bridgehead atoms. The first kappa shape index (κ1) is 17.4. The van der Waals surface area contributed by atoms with Gasteiger partial charge in [0.15, 0.2) is 0 Å². The molecule has 132 valence electrons. The summed E-state index contributed by atoms with van der Waals surface area (Å²) < 4.78 is 19.6. The zero-order valence-electron chi connectivity index (χ0n) is 14.8. The Morgan fingerprint density at radius 1 is 1.29 bits per heavy atom. The number of nitrogens with zero attached hydrogens (tertiary/aromatic N) is 1. The molecule has 0 spiro atoms. The van der Waals surface area contributed by atoms with Gasteiger partial charge in [0.2, 0.25) is 0 Å². The minimum atomic E-state index is -0.387. The zero-order valence-corrected chi connectivity index (χ0v) is 14.8. The van der Waals surface area contributed by atoms with Crippen molar-refractivity contribution in [3.05, 3.63) is 35.1 Å². The van der Waals surface area contributed by atoms with Crippen LogP contribution in [0.15, 0.2) is 18.2 Å². The van der Waals surface area contributed by atoms with Gasteiger partial charge in [-0.3, -0.25) is 9.69 Å². The monoisotopic (exact) mass is 334 g/mol. The average molecular weight is 334 g/mol. The van der Waals surface area contributed by atoms with Gasteiger partial charge in [0, 0.05) is 30.1 Å². The summed E-state index contributed by atoms with van der Waals surface area (Å²) in [6, 6.07) is 5.70. The number of carbonyl (C=O) groups is 1. The molecule has 2 fully saturated rings. The molecule has 0 unspecified atom stereocenters. The lowest BCUT2D eigenvalue weighted by molar-refractivity contribution is -0.147. The minimum absolute atomic E-state index is 0.0274. The van der Waals surface area contributed by atoms with Crippen LogP contribution in [-0.2, 0) is 15.1 Å². The molecule has 1 aromatic carbocycles. The number of hydrogen-bond acceptors (Lipinski definition) is 4. The summed E-state index contributed by atoms with van der Waals surface area (Å²) in [5.74, 6) is 0.157. The van der Waals surface area contributed by atoms with Gasteiger partial charge in [-0.2, -0.15) is 0 Å². The number of benzene rings is 1. The van der Waals surface area contributed by atoms with E-state index in [0.717, 1.165) is 50.1 Å². The Kier molecular flexibility index (Phi) is 4.92. The normalized spacial score (nSPS) is 20.7. The number of methoxy groups -OCH3 is 1. The maximum Gasteiger partial charge on any atom is 0.308 e. The van der Waals surface area contributed by atoms with Crippen molar-refractivity contribution in [3.8, 4) is 0 Å². The topological polar surface area (TPSA) is 41.6 Å². The van der Waals surface area contributed by atoms with Gasteiger partial charge < -0.3 is 10.1 Å². The van der Waals surface area contributed by atoms with E-state index in [1.165, 1.54) is 7.11 Å². The van der Waals surface area contributed by atoms with Gasteiger partial charge in [-0.05, 0) is 51.4 Å². The fourth-order valence-electron chi connectivity index (χ4n) is 3.82. The summed E-state index contributed by atoms with van der Waals surface area (Å²) in [5.41, 5.74) is 1.42. The Labute approximate surface area is 143 Å². The fraction of sp³-hybridized carbons (Fsp3) is 0.632. The number of esters is 1. The Balaban J connectivity index is 1.72. The largest absolute Gasteiger partial charge is 0.469 e. The third-order valence-electron chi connectivity index (χ3n) is 5.73. The Bertz CT molecular complexity index is 605. The summed E-state index contributed by atoms with van der Waals surface area (Å²) in [7, 11) is 1.44. The molecule has 4 nitrogen and oxygen atoms in total. The molecular formula is C19H27FN2O2. The number of ether oxygens (including phenoxy) is 1. The Morgan fingerprint density at radius 3 is 2.46 bits per heavy atom. The molecule has 1 aromatic rings. The number of likely N-dealkylation sites (tertiary alicyclic amines) is 1. The van der Waals surface area contributed by atoms with Gasteiger partial charge >= 0.3 is 5.97 Å². The second-order valence-corrected chi connectivity index (χ2v) is 7.44. The zero-order chi connectivity index (χ0) is 17.3. The number of rotatable bonds is 4. The smallest absolute Gasteiger partial charge is 0.308 e. The fourth-order valence-corrected chi connectivity index (χ4v) is 3.82. The van der Waals surface area contributed by atoms with Crippen molar-refractivity contribution in [3.63, 3.8) is 0 Å². The molecule has 2 aliphatic rings. The van der Waals surface area contributed by atoms with Crippen LogP contribution < -0.4 is 5.32 Å². The SMILES string of the molecule is COC(=O)C1CCN(C(C)(C)c2ccc(C3CNC3)cc2F)CC1. The van der Waals surface area contributed by atoms with Crippen molar-refractivity contribution in [1.82, 2.24) is 10.2 Å². The van der Waals surface area contributed by atoms with Gasteiger partial charge in [0.1, 0.15) is 5.82 Å². The molecule has 0 aliphatic carbocycles. The Morgan fingerprint density at radius 2 is 1.96 bits per heavy atom. The predicted molar refractivity (Wildman–Crippen MR) is 91.3 cm³/mol. The van der Waals surface area contributed by atoms with Crippen LogP contribution in [0.3, 0.4) is 0 Å². The van der Waals surface area contributed by atoms with Crippen molar-refractivity contribution >= 4 is 5.97 Å². The van der Waals surface area contributed by atoms with E-state index in [-0.39, 0.29) is 23.2 Å². The van der Waals surface area contributed by atoms with Gasteiger partial charge in [0.05, 0.1) is 13.0 Å². The molecule has 1 N–H and O–H groups in total. The highest BCUT2D eigenvalue weighted by molar-refractivity contribution is 5.72. The lowest BCUT2D eigenvalue weighted by Crippen LogP contribution is -2.47. The summed E-state index contributed by atoms with van der Waals surface area (Å²) in [6.45, 7) is 7.55. The number of nitrogens with one attached hydrogen (secondary N) is 1. The van der Waals surface area contributed by atoms with Crippen LogP contribution in [0.1, 0.15) is 43.7 Å². The number of carbonyl (C=O) groups excluding carboxylic acids is 1. The molecule has 2 aliphatic heterocycles. The summed E-state index contributed by atoms with van der Waals surface area (Å²) in [4.78, 5) is 13.9. The molecule has 0 saturated carbocycles. The van der Waals surface area contributed by atoms with E-state index < -0.39 is 0 Å². The van der Waals surface area contributed by atoms with E-state index >= 15 is 0 Å². The summed E-state index contributed by atoms with van der Waals surface area (Å²) in [6.07, 6.45) is 1.53. The highest BCUT2D eigenvalue weighted by Gasteiger charge is 2.36. The molecule has 0 aromatic heterocycles. The van der Waals surface area contributed by atoms with Crippen LogP contribution in [-0.4, -0.2) is 44.2 Å². The van der Waals surface area contributed by atoms with Crippen LogP contribution in [0.25, 0.3) is 0 Å². The third kappa shape index (κ3) is 3.20. The first-order valence-electron chi connectivity index (χ1n) is 8.77. The molecule has 5 heteroatoms. The average Bonchev–Trinajstić information content (AvgIpc) is 2.52. The molecule has 0 atom stereocenters. The van der Waals surface area contributed by atoms with E-state index in [1.807, 2.05) is 6.07 Å². The molecule has 0 amide bonds. The van der Waals surface area contributed by atoms with Crippen LogP contribution in [0.2, 0.25) is 0 Å². The van der Waals surface area contributed by atoms with Crippen molar-refractivity contribution in [1.29, 1.82) is 0 Å². The molecule has 2 saturated heterocycles. The van der Waals surface area contributed by atoms with Crippen molar-refractivity contribution in [2.45, 2.75) is 38.1 Å². The predicted octanol–water partition coefficient (Wildman–Crippen LogP) is 2.63. The van der Waals surface area contributed by atoms with Gasteiger partial charge in [-0.15, -0.1) is 0 Å². The maximum absolute atomic E-state index is 14.8. The molecule has 24 heavy (non-hydrogen) atoms. The van der Waals surface area contributed by atoms with E-state index in [2.05, 4.69) is 30.1 Å². The van der Waals surface area contributed by atoms with Gasteiger partial charge in [-0.25, -0.2) is 4.39 Å². The van der Waals surface area contributed by atoms with E-state index in [4.69, 9.17) is 4.74 Å². The molecule has 3 rings (SSSR count). The quantitative estimate of drug-likeness (QED) is 0.860. The number of piperidine rings is 1. The third-order valence-corrected chi connectivity index (χ3v) is 5.73. The van der Waals surface area contributed by atoms with Crippen molar-refractivity contribution in [2.24, 2.45) is 5.92 Å². The molecular weight excluding hydrogens is 307 g/mol. The van der Waals surface area contributed by atoms with Gasteiger partial charge in [-0.1, -0.05) is 12.1 Å². The highest BCUT2D eigenvalue weighted by atomic mass is 19.1. The minimum Gasteiger partial charge on any atom is -0.469 e. The van der Waals surface area contributed by atoms with Crippen molar-refractivity contribution < 1.29 is 13.9 Å². The maximum atomic E-state index is 14.8. The standard InChI is InChI=1S/C19H27FN2O2/c1-19(2,22-8-6-13(7-9-22)18(23)24-3)16-5-4-14(10-17(16)20)15-11-21-12-15/h4-5,10,13,15,21H,6-9,11-12H2,1-3H3. The molecule has 2 heterocycles. The first-order chi connectivity index (χ1) is 11.4. The number of halogens is 1. The van der Waals surface area contributed by atoms with Crippen molar-refractivity contribution in [2.75, 3.05) is 33.3 Å². The second kappa shape index (κ2) is 6.81. The Hall–Kier alpha value is -1.46. The van der Waals surface area contributed by atoms with Crippen LogP contribution >= 0.6 is 0 Å². The lowest BCUT2D eigenvalue weighted by atomic mass is 9.85. The molecule has 0 radical (unpaired) electrons.